The third kappa shape index (κ3) is 8.57. The van der Waals surface area contributed by atoms with E-state index >= 15 is 4.39 Å². The number of carbonyl (C=O) groups is 2. The van der Waals surface area contributed by atoms with Crippen molar-refractivity contribution in [1.29, 1.82) is 0 Å². The zero-order chi connectivity index (χ0) is 42.8. The van der Waals surface area contributed by atoms with E-state index in [-0.39, 0.29) is 70.6 Å². The second kappa shape index (κ2) is 15.6. The average molecular weight is 828 g/mol. The zero-order valence-electron chi connectivity index (χ0n) is 34.8. The molecule has 5 atom stereocenters. The van der Waals surface area contributed by atoms with Gasteiger partial charge in [-0.2, -0.15) is 23.1 Å². The molecule has 6 heterocycles. The first-order chi connectivity index (χ1) is 27.6. The number of halogens is 4. The summed E-state index contributed by atoms with van der Waals surface area (Å²) < 4.78 is 86.1. The predicted octanol–water partition coefficient (Wildman–Crippen LogP) is 8.66. The van der Waals surface area contributed by atoms with E-state index in [4.69, 9.17) is 23.9 Å². The number of ether oxygens (including phenoxy) is 4. The van der Waals surface area contributed by atoms with Crippen LogP contribution in [-0.4, -0.2) is 105 Å². The molecular formula is C42H53F4N7O6. The maximum atomic E-state index is 17.5. The van der Waals surface area contributed by atoms with Crippen LogP contribution >= 0.6 is 0 Å². The normalized spacial score (nSPS) is 22.6. The fourth-order valence-electron chi connectivity index (χ4n) is 9.02. The summed E-state index contributed by atoms with van der Waals surface area (Å²) in [5.41, 5.74) is -4.75. The number of nitrogens with one attached hydrogen (secondary N) is 1. The van der Waals surface area contributed by atoms with Crippen molar-refractivity contribution in [2.24, 2.45) is 0 Å². The lowest BCUT2D eigenvalue weighted by Gasteiger charge is -2.48. The zero-order valence-corrected chi connectivity index (χ0v) is 34.8. The van der Waals surface area contributed by atoms with Crippen molar-refractivity contribution in [3.05, 3.63) is 41.7 Å². The van der Waals surface area contributed by atoms with Gasteiger partial charge in [-0.1, -0.05) is 6.08 Å². The summed E-state index contributed by atoms with van der Waals surface area (Å²) >= 11 is 0. The Morgan fingerprint density at radius 3 is 2.42 bits per heavy atom. The van der Waals surface area contributed by atoms with Gasteiger partial charge < -0.3 is 23.8 Å². The molecule has 0 saturated carbocycles. The van der Waals surface area contributed by atoms with Crippen LogP contribution in [0.15, 0.2) is 24.8 Å². The summed E-state index contributed by atoms with van der Waals surface area (Å²) in [4.78, 5) is 46.3. The highest BCUT2D eigenvalue weighted by atomic mass is 19.4. The summed E-state index contributed by atoms with van der Waals surface area (Å²) in [5.74, 6) is -1.07. The molecule has 59 heavy (non-hydrogen) atoms. The van der Waals surface area contributed by atoms with Crippen molar-refractivity contribution in [2.75, 3.05) is 36.5 Å². The minimum atomic E-state index is -4.95. The van der Waals surface area contributed by atoms with E-state index in [0.717, 1.165) is 31.5 Å². The lowest BCUT2D eigenvalue weighted by atomic mass is 9.96. The van der Waals surface area contributed by atoms with Crippen molar-refractivity contribution in [1.82, 2.24) is 24.8 Å². The molecule has 2 bridgehead atoms. The van der Waals surface area contributed by atoms with Crippen molar-refractivity contribution >= 4 is 34.6 Å². The number of aromatic nitrogens is 3. The average Bonchev–Trinajstić information content (AvgIpc) is 3.70. The fraction of sp³-hybridized carbons (Fsp3) is 0.595. The Labute approximate surface area is 341 Å². The van der Waals surface area contributed by atoms with E-state index in [1.807, 2.05) is 38.7 Å². The Balaban J connectivity index is 1.40. The molecule has 13 nitrogen and oxygen atoms in total. The van der Waals surface area contributed by atoms with Gasteiger partial charge in [-0.05, 0) is 105 Å². The number of hydrogen-bond acceptors (Lipinski definition) is 11. The number of hydrogen-bond donors (Lipinski definition) is 1. The molecule has 3 aromatic rings. The molecule has 4 aliphatic rings. The molecule has 2 amide bonds. The minimum Gasteiger partial charge on any atom is -0.477 e. The monoisotopic (exact) mass is 827 g/mol. The second-order valence-electron chi connectivity index (χ2n) is 17.8. The first-order valence-corrected chi connectivity index (χ1v) is 20.2. The van der Waals surface area contributed by atoms with Crippen molar-refractivity contribution in [3.8, 4) is 23.1 Å². The van der Waals surface area contributed by atoms with Crippen LogP contribution in [-0.2, 0) is 15.7 Å². The minimum absolute atomic E-state index is 0.0233. The molecule has 1 aromatic carbocycles. The molecular weight excluding hydrogens is 774 g/mol. The van der Waals surface area contributed by atoms with E-state index in [0.29, 0.717) is 32.4 Å². The molecule has 17 heteroatoms. The second-order valence-corrected chi connectivity index (χ2v) is 17.8. The highest BCUT2D eigenvalue weighted by molar-refractivity contribution is 5.98. The van der Waals surface area contributed by atoms with Crippen LogP contribution in [0.5, 0.6) is 11.9 Å². The molecule has 4 aliphatic heterocycles. The number of likely N-dealkylation sites (tertiary alicyclic amines) is 1. The molecule has 320 valence electrons. The van der Waals surface area contributed by atoms with E-state index < -0.39 is 58.3 Å². The molecule has 0 aliphatic carbocycles. The van der Waals surface area contributed by atoms with Crippen molar-refractivity contribution in [3.63, 3.8) is 0 Å². The smallest absolute Gasteiger partial charge is 0.417 e. The van der Waals surface area contributed by atoms with Crippen molar-refractivity contribution in [2.45, 2.75) is 135 Å². The first kappa shape index (κ1) is 42.2. The maximum absolute atomic E-state index is 17.5. The number of pyridine rings is 1. The molecule has 0 unspecified atom stereocenters. The molecule has 7 rings (SSSR count). The quantitative estimate of drug-likeness (QED) is 0.181. The number of aryl methyl sites for hydroxylation is 1. The van der Waals surface area contributed by atoms with E-state index in [1.165, 1.54) is 6.92 Å². The highest BCUT2D eigenvalue weighted by Crippen LogP contribution is 2.47. The lowest BCUT2D eigenvalue weighted by Crippen LogP contribution is -2.62. The molecule has 0 spiro atoms. The van der Waals surface area contributed by atoms with Gasteiger partial charge in [0.15, 0.2) is 5.82 Å². The number of benzene rings is 1. The topological polar surface area (TPSA) is 131 Å². The Bertz CT molecular complexity index is 2140. The third-order valence-electron chi connectivity index (χ3n) is 11.2. The Morgan fingerprint density at radius 1 is 1.02 bits per heavy atom. The SMILES string of the molecule is C=CCN1CCC[C@H]1[C@H](C)Oc1nc2c3c(nc(-c4cc(NC(=O)OC(C)(C)C)cc(C)c4C(F)(F)F)c(F)c3n1)OCC[C@@H]1[C@@H]3CC[C@H](CN21)N3C(=O)OC(C)(C)C. The Morgan fingerprint density at radius 2 is 1.75 bits per heavy atom. The van der Waals surface area contributed by atoms with Crippen molar-refractivity contribution < 1.29 is 46.1 Å². The Kier molecular flexibility index (Phi) is 11.2. The molecule has 0 radical (unpaired) electrons. The van der Waals surface area contributed by atoms with Crippen LogP contribution in [0.25, 0.3) is 22.2 Å². The van der Waals surface area contributed by atoms with Gasteiger partial charge in [-0.25, -0.2) is 19.0 Å². The number of rotatable bonds is 7. The number of fused-ring (bicyclic) bond motifs is 5. The van der Waals surface area contributed by atoms with Gasteiger partial charge in [0.1, 0.15) is 39.7 Å². The van der Waals surface area contributed by atoms with Crippen LogP contribution in [0.1, 0.15) is 91.7 Å². The summed E-state index contributed by atoms with van der Waals surface area (Å²) in [5, 5.41) is 2.55. The standard InChI is InChI=1S/C42H53F4N7O6/c1-10-16-51-17-11-12-27(51)23(3)57-37-49-34-30-35(50-37)52-21-25-13-14-29(53(25)39(55)59-41(7,8)9)28(52)15-18-56-36(30)48-33(32(34)43)26-20-24(47-38(54)58-40(4,5)6)19-22(2)31(26)42(44,45)46/h10,19-20,23,25,27-29H,1,11-18,21H2,2-9H3,(H,47,54)/t23-,25+,27-,28+,29-/m0/s1. The van der Waals surface area contributed by atoms with Gasteiger partial charge in [0.2, 0.25) is 5.88 Å². The van der Waals surface area contributed by atoms with Crippen LogP contribution in [0.4, 0.5) is 38.7 Å². The third-order valence-corrected chi connectivity index (χ3v) is 11.2. The number of amides is 2. The predicted molar refractivity (Wildman–Crippen MR) is 213 cm³/mol. The van der Waals surface area contributed by atoms with Gasteiger partial charge in [0.25, 0.3) is 0 Å². The van der Waals surface area contributed by atoms with Gasteiger partial charge in [-0.15, -0.1) is 6.58 Å². The van der Waals surface area contributed by atoms with Gasteiger partial charge in [0.05, 0.1) is 30.3 Å². The number of carbonyl (C=O) groups excluding carboxylic acids is 2. The molecule has 1 N–H and O–H groups in total. The number of alkyl halides is 3. The first-order valence-electron chi connectivity index (χ1n) is 20.2. The van der Waals surface area contributed by atoms with E-state index in [2.05, 4.69) is 26.8 Å². The van der Waals surface area contributed by atoms with Crippen LogP contribution in [0.2, 0.25) is 0 Å². The Hall–Kier alpha value is -4.93. The molecule has 2 aromatic heterocycles. The maximum Gasteiger partial charge on any atom is 0.417 e. The van der Waals surface area contributed by atoms with Crippen LogP contribution in [0.3, 0.4) is 0 Å². The molecule has 3 saturated heterocycles. The highest BCUT2D eigenvalue weighted by Gasteiger charge is 2.51. The largest absolute Gasteiger partial charge is 0.477 e. The number of piperazine rings is 1. The summed E-state index contributed by atoms with van der Waals surface area (Å²) in [6, 6.07) is 1.08. The number of anilines is 2. The van der Waals surface area contributed by atoms with Crippen LogP contribution in [0, 0.1) is 12.7 Å². The lowest BCUT2D eigenvalue weighted by molar-refractivity contribution is -0.137. The fourth-order valence-corrected chi connectivity index (χ4v) is 9.02. The molecule has 3 fully saturated rings. The van der Waals surface area contributed by atoms with Gasteiger partial charge in [-0.3, -0.25) is 15.1 Å². The summed E-state index contributed by atoms with van der Waals surface area (Å²) in [6.45, 7) is 19.2. The van der Waals surface area contributed by atoms with Gasteiger partial charge in [0, 0.05) is 36.8 Å². The summed E-state index contributed by atoms with van der Waals surface area (Å²) in [7, 11) is 0. The van der Waals surface area contributed by atoms with Gasteiger partial charge >= 0.3 is 24.4 Å². The van der Waals surface area contributed by atoms with E-state index in [9.17, 15) is 22.8 Å². The van der Waals surface area contributed by atoms with Crippen LogP contribution < -0.4 is 19.7 Å². The number of nitrogens with zero attached hydrogens (tertiary/aromatic N) is 6. The summed E-state index contributed by atoms with van der Waals surface area (Å²) in [6.07, 6.45) is -1.37. The van der Waals surface area contributed by atoms with E-state index in [1.54, 1.807) is 25.7 Å².